The van der Waals surface area contributed by atoms with Crippen LogP contribution < -0.4 is 4.90 Å². The molecule has 0 radical (unpaired) electrons. The predicted octanol–water partition coefficient (Wildman–Crippen LogP) is 14.0. The van der Waals surface area contributed by atoms with Crippen molar-refractivity contribution in [3.05, 3.63) is 200 Å². The number of nitrogens with zero attached hydrogens (tertiary/aromatic N) is 2. The molecule has 52 heavy (non-hydrogen) atoms. The van der Waals surface area contributed by atoms with Crippen molar-refractivity contribution in [1.82, 2.24) is 4.57 Å². The molecular formula is C49H38N2S. The fraction of sp³-hybridized carbons (Fsp3) is 0.0612. The summed E-state index contributed by atoms with van der Waals surface area (Å²) < 4.78 is 5.01. The standard InChI is InChI=1S/C46H32N2S.C3H6/c1-2-14-34(15-3-1)48-41-20-8-6-17-40(41)45-37(18-10-21-42(45)48)32-25-27-35(28-26-32)47(36-29-24-31-12-4-5-13-33(31)30-36)43-22-11-19-39-38-16-7-9-23-44(38)49-46(39)43;1-3-2/h1-31,33H;3H,1H2,2H3. The first-order valence-electron chi connectivity index (χ1n) is 17.9. The summed E-state index contributed by atoms with van der Waals surface area (Å²) >= 11 is 1.88. The maximum absolute atomic E-state index is 3.36. The molecule has 0 amide bonds. The van der Waals surface area contributed by atoms with Crippen molar-refractivity contribution in [1.29, 1.82) is 0 Å². The van der Waals surface area contributed by atoms with Gasteiger partial charge in [0, 0.05) is 55.2 Å². The highest BCUT2D eigenvalue weighted by Crippen LogP contribution is 2.45. The van der Waals surface area contributed by atoms with Gasteiger partial charge in [-0.2, -0.15) is 0 Å². The molecule has 10 rings (SSSR count). The molecule has 250 valence electrons. The number of fused-ring (bicyclic) bond motifs is 7. The maximum atomic E-state index is 3.36. The van der Waals surface area contributed by atoms with Gasteiger partial charge in [-0.15, -0.1) is 17.9 Å². The van der Waals surface area contributed by atoms with Crippen molar-refractivity contribution in [2.75, 3.05) is 4.90 Å². The molecule has 0 saturated heterocycles. The van der Waals surface area contributed by atoms with Gasteiger partial charge in [-0.05, 0) is 72.7 Å². The van der Waals surface area contributed by atoms with Gasteiger partial charge < -0.3 is 9.47 Å². The average Bonchev–Trinajstić information content (AvgIpc) is 3.76. The van der Waals surface area contributed by atoms with E-state index in [0.29, 0.717) is 11.8 Å². The Hall–Kier alpha value is -6.16. The Labute approximate surface area is 308 Å². The molecule has 0 bridgehead atoms. The van der Waals surface area contributed by atoms with E-state index in [0.717, 1.165) is 5.69 Å². The normalized spacial score (nSPS) is 16.1. The third-order valence-corrected chi connectivity index (χ3v) is 11.3. The van der Waals surface area contributed by atoms with Gasteiger partial charge in [-0.25, -0.2) is 0 Å². The van der Waals surface area contributed by atoms with Crippen LogP contribution in [0.5, 0.6) is 0 Å². The summed E-state index contributed by atoms with van der Waals surface area (Å²) in [6.07, 6.45) is 17.8. The van der Waals surface area contributed by atoms with E-state index in [-0.39, 0.29) is 0 Å². The Morgan fingerprint density at radius 3 is 2.13 bits per heavy atom. The maximum Gasteiger partial charge on any atom is 0.0640 e. The number of rotatable bonds is 5. The van der Waals surface area contributed by atoms with E-state index in [2.05, 4.69) is 198 Å². The van der Waals surface area contributed by atoms with E-state index in [1.807, 2.05) is 18.3 Å². The van der Waals surface area contributed by atoms with Crippen molar-refractivity contribution < 1.29 is 0 Å². The van der Waals surface area contributed by atoms with Gasteiger partial charge >= 0.3 is 0 Å². The van der Waals surface area contributed by atoms with E-state index >= 15 is 0 Å². The second kappa shape index (κ2) is 13.5. The molecule has 0 spiro atoms. The molecule has 3 heteroatoms. The number of para-hydroxylation sites is 2. The molecule has 6 aromatic carbocycles. The molecule has 2 nitrogen and oxygen atoms in total. The second-order valence-electron chi connectivity index (χ2n) is 13.3. The summed E-state index contributed by atoms with van der Waals surface area (Å²) in [7, 11) is 0. The van der Waals surface area contributed by atoms with Crippen LogP contribution >= 0.6 is 11.3 Å². The van der Waals surface area contributed by atoms with Crippen LogP contribution in [0.3, 0.4) is 0 Å². The minimum absolute atomic E-state index is 0.341. The summed E-state index contributed by atoms with van der Waals surface area (Å²) in [5.74, 6) is 0.740. The first-order valence-corrected chi connectivity index (χ1v) is 18.8. The summed E-state index contributed by atoms with van der Waals surface area (Å²) in [6, 6.07) is 50.9. The van der Waals surface area contributed by atoms with Crippen LogP contribution in [0.2, 0.25) is 0 Å². The molecule has 2 aliphatic carbocycles. The van der Waals surface area contributed by atoms with Gasteiger partial charge in [0.15, 0.2) is 0 Å². The zero-order chi connectivity index (χ0) is 35.0. The smallest absolute Gasteiger partial charge is 0.0640 e. The molecule has 2 unspecified atom stereocenters. The molecule has 2 aliphatic rings. The van der Waals surface area contributed by atoms with Crippen LogP contribution in [0.4, 0.5) is 11.4 Å². The summed E-state index contributed by atoms with van der Waals surface area (Å²) in [6.45, 7) is 5.25. The van der Waals surface area contributed by atoms with Gasteiger partial charge in [0.05, 0.1) is 21.4 Å². The van der Waals surface area contributed by atoms with Crippen LogP contribution in [0, 0.1) is 11.8 Å². The monoisotopic (exact) mass is 686 g/mol. The minimum Gasteiger partial charge on any atom is -0.309 e. The lowest BCUT2D eigenvalue weighted by molar-refractivity contribution is 0.653. The third kappa shape index (κ3) is 5.42. The quantitative estimate of drug-likeness (QED) is 0.164. The van der Waals surface area contributed by atoms with Crippen molar-refractivity contribution >= 4 is 64.7 Å². The topological polar surface area (TPSA) is 8.17 Å². The summed E-state index contributed by atoms with van der Waals surface area (Å²) in [5.41, 5.74) is 9.62. The molecule has 2 heterocycles. The van der Waals surface area contributed by atoms with Crippen molar-refractivity contribution in [3.63, 3.8) is 0 Å². The lowest BCUT2D eigenvalue weighted by atomic mass is 9.84. The molecule has 8 aromatic rings. The van der Waals surface area contributed by atoms with E-state index in [4.69, 9.17) is 0 Å². The van der Waals surface area contributed by atoms with Crippen LogP contribution in [0.15, 0.2) is 200 Å². The third-order valence-electron chi connectivity index (χ3n) is 10.1. The molecule has 2 aromatic heterocycles. The fourth-order valence-corrected chi connectivity index (χ4v) is 9.06. The van der Waals surface area contributed by atoms with Crippen LogP contribution in [-0.2, 0) is 0 Å². The molecule has 0 N–H and O–H groups in total. The number of benzene rings is 6. The number of anilines is 2. The Balaban J connectivity index is 0.00000116. The largest absolute Gasteiger partial charge is 0.309 e. The Bertz CT molecular complexity index is 2720. The van der Waals surface area contributed by atoms with E-state index in [1.165, 1.54) is 70.2 Å². The number of hydrogen-bond acceptors (Lipinski definition) is 2. The second-order valence-corrected chi connectivity index (χ2v) is 14.4. The van der Waals surface area contributed by atoms with Gasteiger partial charge in [0.2, 0.25) is 0 Å². The molecule has 0 aliphatic heterocycles. The fourth-order valence-electron chi connectivity index (χ4n) is 7.85. The van der Waals surface area contributed by atoms with E-state index in [9.17, 15) is 0 Å². The van der Waals surface area contributed by atoms with Gasteiger partial charge in [0.1, 0.15) is 0 Å². The zero-order valence-corrected chi connectivity index (χ0v) is 29.9. The van der Waals surface area contributed by atoms with Crippen LogP contribution in [0.1, 0.15) is 6.92 Å². The van der Waals surface area contributed by atoms with Gasteiger partial charge in [-0.3, -0.25) is 0 Å². The lowest BCUT2D eigenvalue weighted by Gasteiger charge is -2.31. The average molecular weight is 687 g/mol. The first kappa shape index (κ1) is 31.8. The highest BCUT2D eigenvalue weighted by molar-refractivity contribution is 7.26. The Morgan fingerprint density at radius 2 is 1.31 bits per heavy atom. The number of thiophene rings is 1. The number of hydrogen-bond donors (Lipinski definition) is 0. The minimum atomic E-state index is 0.341. The van der Waals surface area contributed by atoms with E-state index < -0.39 is 0 Å². The highest BCUT2D eigenvalue weighted by atomic mass is 32.1. The number of allylic oxidation sites excluding steroid dienone is 8. The van der Waals surface area contributed by atoms with E-state index in [1.54, 1.807) is 6.08 Å². The lowest BCUT2D eigenvalue weighted by Crippen LogP contribution is -2.21. The Kier molecular flexibility index (Phi) is 8.27. The SMILES string of the molecule is C1=CC2C=CC(N(c3ccc(-c4cccc5c4c4ccccc4n5-c4ccccc4)cc3)c3cccc4c3sc3ccccc34)=CC2C=C1.C=CC. The molecular weight excluding hydrogens is 649 g/mol. The predicted molar refractivity (Wildman–Crippen MR) is 226 cm³/mol. The molecule has 2 atom stereocenters. The highest BCUT2D eigenvalue weighted by Gasteiger charge is 2.24. The zero-order valence-electron chi connectivity index (χ0n) is 29.1. The summed E-state index contributed by atoms with van der Waals surface area (Å²) in [4.78, 5) is 2.46. The summed E-state index contributed by atoms with van der Waals surface area (Å²) in [5, 5.41) is 5.17. The van der Waals surface area contributed by atoms with Crippen LogP contribution in [-0.4, -0.2) is 4.57 Å². The Morgan fingerprint density at radius 1 is 0.635 bits per heavy atom. The van der Waals surface area contributed by atoms with Crippen molar-refractivity contribution in [2.24, 2.45) is 11.8 Å². The van der Waals surface area contributed by atoms with Gasteiger partial charge in [0.25, 0.3) is 0 Å². The van der Waals surface area contributed by atoms with Gasteiger partial charge in [-0.1, -0.05) is 134 Å². The van der Waals surface area contributed by atoms with Crippen molar-refractivity contribution in [3.8, 4) is 16.8 Å². The molecule has 0 fully saturated rings. The first-order chi connectivity index (χ1) is 25.7. The van der Waals surface area contributed by atoms with Crippen LogP contribution in [0.25, 0.3) is 58.8 Å². The van der Waals surface area contributed by atoms with Crippen molar-refractivity contribution in [2.45, 2.75) is 6.92 Å². The molecule has 0 saturated carbocycles. The number of aromatic nitrogens is 1.